The minimum atomic E-state index is -4.00. The number of rotatable bonds is 15. The molecule has 1 saturated carbocycles. The van der Waals surface area contributed by atoms with Gasteiger partial charge in [-0.15, -0.1) is 0 Å². The largest absolute Gasteiger partial charge is 0.481 e. The number of nitrogens with one attached hydrogen (secondary N) is 4. The van der Waals surface area contributed by atoms with Crippen molar-refractivity contribution < 1.29 is 41.5 Å². The number of fused-ring (bicyclic) bond motifs is 1. The molecule has 0 unspecified atom stereocenters. The van der Waals surface area contributed by atoms with Crippen molar-refractivity contribution in [2.75, 3.05) is 26.7 Å². The van der Waals surface area contributed by atoms with Crippen LogP contribution in [0.25, 0.3) is 22.3 Å². The van der Waals surface area contributed by atoms with Gasteiger partial charge in [0.1, 0.15) is 17.2 Å². The van der Waals surface area contributed by atoms with Gasteiger partial charge in [0, 0.05) is 31.0 Å². The van der Waals surface area contributed by atoms with Gasteiger partial charge < -0.3 is 25.5 Å². The van der Waals surface area contributed by atoms with Gasteiger partial charge >= 0.3 is 5.97 Å². The molecule has 3 aromatic rings. The number of carboxylic acid groups (broad SMARTS) is 1. The molecule has 3 amide bonds. The standard InChI is InChI=1S/C29H33FN4O8S/c1-31-29(39)27-22-13-21(17-5-6-17)19(12-23(22)42-28(27)18-7-9-20(30)10-8-18)16-43(40,41)34-15-25(36)33-14-24(35)32-11-3-2-4-26(37)38/h7-10,12-13,17,34H,2-6,11,14-16H2,1H3,(H,31,39)(H,32,35)(H,33,36)(H,37,38). The van der Waals surface area contributed by atoms with Gasteiger partial charge in [0.25, 0.3) is 5.91 Å². The Morgan fingerprint density at radius 1 is 1.00 bits per heavy atom. The van der Waals surface area contributed by atoms with Crippen LogP contribution in [-0.4, -0.2) is 63.9 Å². The summed E-state index contributed by atoms with van der Waals surface area (Å²) in [4.78, 5) is 47.4. The molecular weight excluding hydrogens is 583 g/mol. The molecule has 2 aromatic carbocycles. The third kappa shape index (κ3) is 8.61. The lowest BCUT2D eigenvalue weighted by molar-refractivity contribution is -0.137. The van der Waals surface area contributed by atoms with E-state index in [0.717, 1.165) is 18.4 Å². The number of halogens is 1. The van der Waals surface area contributed by atoms with E-state index in [1.165, 1.54) is 31.3 Å². The molecule has 0 radical (unpaired) electrons. The van der Waals surface area contributed by atoms with E-state index in [1.807, 2.05) is 0 Å². The number of carboxylic acids is 1. The smallest absolute Gasteiger partial charge is 0.303 e. The number of unbranched alkanes of at least 4 members (excludes halogenated alkanes) is 1. The number of carbonyl (C=O) groups excluding carboxylic acids is 3. The van der Waals surface area contributed by atoms with Crippen LogP contribution in [0, 0.1) is 5.82 Å². The Kier molecular flexibility index (Phi) is 10.1. The number of furan rings is 1. The Balaban J connectivity index is 1.44. The maximum absolute atomic E-state index is 13.5. The Morgan fingerprint density at radius 3 is 2.35 bits per heavy atom. The Bertz CT molecular complexity index is 1630. The molecule has 1 aromatic heterocycles. The van der Waals surface area contributed by atoms with Crippen molar-refractivity contribution in [3.05, 3.63) is 58.9 Å². The highest BCUT2D eigenvalue weighted by Gasteiger charge is 2.31. The van der Waals surface area contributed by atoms with Gasteiger partial charge in [-0.3, -0.25) is 19.2 Å². The first-order valence-electron chi connectivity index (χ1n) is 13.8. The molecule has 12 nitrogen and oxygen atoms in total. The predicted octanol–water partition coefficient (Wildman–Crippen LogP) is 2.38. The lowest BCUT2D eigenvalue weighted by atomic mass is 9.98. The maximum Gasteiger partial charge on any atom is 0.303 e. The van der Waals surface area contributed by atoms with E-state index in [-0.39, 0.29) is 36.8 Å². The van der Waals surface area contributed by atoms with E-state index in [9.17, 15) is 32.0 Å². The summed E-state index contributed by atoms with van der Waals surface area (Å²) < 4.78 is 47.8. The molecule has 0 spiro atoms. The van der Waals surface area contributed by atoms with Crippen molar-refractivity contribution in [1.82, 2.24) is 20.7 Å². The zero-order valence-electron chi connectivity index (χ0n) is 23.5. The highest BCUT2D eigenvalue weighted by molar-refractivity contribution is 7.88. The van der Waals surface area contributed by atoms with Crippen LogP contribution >= 0.6 is 0 Å². The molecule has 14 heteroatoms. The number of amides is 3. The molecule has 230 valence electrons. The fraction of sp³-hybridized carbons (Fsp3) is 0.379. The van der Waals surface area contributed by atoms with Crippen LogP contribution < -0.4 is 20.7 Å². The fourth-order valence-electron chi connectivity index (χ4n) is 4.62. The van der Waals surface area contributed by atoms with E-state index >= 15 is 0 Å². The molecule has 0 atom stereocenters. The summed E-state index contributed by atoms with van der Waals surface area (Å²) in [5, 5.41) is 16.6. The number of hydrogen-bond acceptors (Lipinski definition) is 7. The van der Waals surface area contributed by atoms with E-state index in [4.69, 9.17) is 9.52 Å². The first kappa shape index (κ1) is 31.6. The van der Waals surface area contributed by atoms with Gasteiger partial charge in [0.15, 0.2) is 0 Å². The average molecular weight is 617 g/mol. The molecule has 0 saturated heterocycles. The molecule has 1 aliphatic carbocycles. The quantitative estimate of drug-likeness (QED) is 0.161. The van der Waals surface area contributed by atoms with Crippen molar-refractivity contribution in [2.45, 2.75) is 43.8 Å². The van der Waals surface area contributed by atoms with E-state index in [0.29, 0.717) is 34.9 Å². The van der Waals surface area contributed by atoms with Crippen molar-refractivity contribution in [2.24, 2.45) is 0 Å². The molecule has 5 N–H and O–H groups in total. The Hall–Kier alpha value is -4.30. The summed E-state index contributed by atoms with van der Waals surface area (Å²) in [6, 6.07) is 8.85. The van der Waals surface area contributed by atoms with Crippen LogP contribution in [-0.2, 0) is 30.2 Å². The second-order valence-electron chi connectivity index (χ2n) is 10.3. The van der Waals surface area contributed by atoms with E-state index < -0.39 is 51.8 Å². The normalized spacial score (nSPS) is 13.1. The predicted molar refractivity (Wildman–Crippen MR) is 155 cm³/mol. The molecular formula is C29H33FN4O8S. The second kappa shape index (κ2) is 13.8. The number of aliphatic carboxylic acids is 1. The highest BCUT2D eigenvalue weighted by atomic mass is 32.2. The summed E-state index contributed by atoms with van der Waals surface area (Å²) in [5.74, 6) is -3.05. The number of sulfonamides is 1. The first-order chi connectivity index (χ1) is 20.5. The summed E-state index contributed by atoms with van der Waals surface area (Å²) in [6.45, 7) is -0.677. The lowest BCUT2D eigenvalue weighted by Gasteiger charge is -2.12. The van der Waals surface area contributed by atoms with Crippen molar-refractivity contribution in [3.63, 3.8) is 0 Å². The van der Waals surface area contributed by atoms with E-state index in [1.54, 1.807) is 12.1 Å². The highest BCUT2D eigenvalue weighted by Crippen LogP contribution is 2.45. The summed E-state index contributed by atoms with van der Waals surface area (Å²) in [5.41, 5.74) is 2.27. The maximum atomic E-state index is 13.5. The molecule has 0 bridgehead atoms. The van der Waals surface area contributed by atoms with Crippen LogP contribution in [0.5, 0.6) is 0 Å². The molecule has 1 heterocycles. The Labute approximate surface area is 247 Å². The minimum Gasteiger partial charge on any atom is -0.481 e. The third-order valence-corrected chi connectivity index (χ3v) is 8.19. The topological polar surface area (TPSA) is 184 Å². The fourth-order valence-corrected chi connectivity index (χ4v) is 5.73. The number of hydrogen-bond donors (Lipinski definition) is 5. The van der Waals surface area contributed by atoms with Crippen LogP contribution in [0.2, 0.25) is 0 Å². The van der Waals surface area contributed by atoms with Crippen LogP contribution in [0.3, 0.4) is 0 Å². The molecule has 4 rings (SSSR count). The van der Waals surface area contributed by atoms with Gasteiger partial charge in [-0.2, -0.15) is 0 Å². The van der Waals surface area contributed by atoms with Gasteiger partial charge in [0.05, 0.1) is 24.4 Å². The van der Waals surface area contributed by atoms with Gasteiger partial charge in [-0.05, 0) is 79.1 Å². The third-order valence-electron chi connectivity index (χ3n) is 6.91. The zero-order valence-corrected chi connectivity index (χ0v) is 24.3. The summed E-state index contributed by atoms with van der Waals surface area (Å²) in [6.07, 6.45) is 2.59. The van der Waals surface area contributed by atoms with Crippen LogP contribution in [0.1, 0.15) is 59.5 Å². The van der Waals surface area contributed by atoms with E-state index in [2.05, 4.69) is 20.7 Å². The summed E-state index contributed by atoms with van der Waals surface area (Å²) >= 11 is 0. The molecule has 1 aliphatic rings. The summed E-state index contributed by atoms with van der Waals surface area (Å²) in [7, 11) is -2.51. The van der Waals surface area contributed by atoms with Crippen molar-refractivity contribution in [3.8, 4) is 11.3 Å². The van der Waals surface area contributed by atoms with Crippen LogP contribution in [0.15, 0.2) is 40.8 Å². The van der Waals surface area contributed by atoms with Gasteiger partial charge in [-0.25, -0.2) is 17.5 Å². The van der Waals surface area contributed by atoms with Crippen molar-refractivity contribution in [1.29, 1.82) is 0 Å². The number of benzene rings is 2. The van der Waals surface area contributed by atoms with Crippen molar-refractivity contribution >= 4 is 44.7 Å². The monoisotopic (exact) mass is 616 g/mol. The molecule has 43 heavy (non-hydrogen) atoms. The molecule has 1 fully saturated rings. The minimum absolute atomic E-state index is 0.00164. The Morgan fingerprint density at radius 2 is 1.70 bits per heavy atom. The number of carbonyl (C=O) groups is 4. The average Bonchev–Trinajstić information content (AvgIpc) is 3.74. The first-order valence-corrected chi connectivity index (χ1v) is 15.4. The van der Waals surface area contributed by atoms with Gasteiger partial charge in [0.2, 0.25) is 21.8 Å². The lowest BCUT2D eigenvalue weighted by Crippen LogP contribution is -2.42. The SMILES string of the molecule is CNC(=O)c1c(-c2ccc(F)cc2)oc2cc(CS(=O)(=O)NCC(=O)NCC(=O)NCCCCC(=O)O)c(C3CC3)cc12. The van der Waals surface area contributed by atoms with Gasteiger partial charge in [-0.1, -0.05) is 0 Å². The zero-order chi connectivity index (χ0) is 31.1. The second-order valence-corrected chi connectivity index (χ2v) is 12.1. The molecule has 0 aliphatic heterocycles. The van der Waals surface area contributed by atoms with Crippen LogP contribution in [0.4, 0.5) is 4.39 Å².